The standard InChI is InChI=1S/C12H23N3O2/c1-4-13-11(10-17-9-8-16-3)12-6-7-14-15(12)5-2/h6-7,11,13H,4-5,8-10H2,1-3H3. The van der Waals surface area contributed by atoms with E-state index in [-0.39, 0.29) is 6.04 Å². The molecule has 0 fully saturated rings. The van der Waals surface area contributed by atoms with Crippen LogP contribution in [0.4, 0.5) is 0 Å². The monoisotopic (exact) mass is 241 g/mol. The van der Waals surface area contributed by atoms with E-state index in [4.69, 9.17) is 9.47 Å². The molecule has 0 radical (unpaired) electrons. The summed E-state index contributed by atoms with van der Waals surface area (Å²) in [7, 11) is 1.68. The van der Waals surface area contributed by atoms with Gasteiger partial charge in [-0.3, -0.25) is 4.68 Å². The highest BCUT2D eigenvalue weighted by Gasteiger charge is 2.14. The normalized spacial score (nSPS) is 12.9. The van der Waals surface area contributed by atoms with Crippen molar-refractivity contribution in [2.24, 2.45) is 0 Å². The molecule has 1 rings (SSSR count). The summed E-state index contributed by atoms with van der Waals surface area (Å²) in [6.45, 7) is 7.86. The predicted molar refractivity (Wildman–Crippen MR) is 67.0 cm³/mol. The van der Waals surface area contributed by atoms with Gasteiger partial charge in [0.2, 0.25) is 0 Å². The quantitative estimate of drug-likeness (QED) is 0.660. The first-order valence-electron chi connectivity index (χ1n) is 6.15. The molecule has 0 aliphatic carbocycles. The van der Waals surface area contributed by atoms with Gasteiger partial charge >= 0.3 is 0 Å². The third-order valence-corrected chi connectivity index (χ3v) is 2.57. The van der Waals surface area contributed by atoms with Gasteiger partial charge in [-0.1, -0.05) is 6.92 Å². The first kappa shape index (κ1) is 14.2. The van der Waals surface area contributed by atoms with Crippen LogP contribution in [0, 0.1) is 0 Å². The van der Waals surface area contributed by atoms with Crippen molar-refractivity contribution in [3.05, 3.63) is 18.0 Å². The van der Waals surface area contributed by atoms with Crippen molar-refractivity contribution in [1.82, 2.24) is 15.1 Å². The summed E-state index contributed by atoms with van der Waals surface area (Å²) in [5.41, 5.74) is 1.17. The van der Waals surface area contributed by atoms with Crippen molar-refractivity contribution in [3.63, 3.8) is 0 Å². The van der Waals surface area contributed by atoms with E-state index in [2.05, 4.69) is 24.3 Å². The lowest BCUT2D eigenvalue weighted by atomic mass is 10.2. The smallest absolute Gasteiger partial charge is 0.0729 e. The van der Waals surface area contributed by atoms with Gasteiger partial charge in [0, 0.05) is 19.9 Å². The van der Waals surface area contributed by atoms with Gasteiger partial charge in [0.1, 0.15) is 0 Å². The van der Waals surface area contributed by atoms with Crippen molar-refractivity contribution in [2.45, 2.75) is 26.4 Å². The number of aromatic nitrogens is 2. The van der Waals surface area contributed by atoms with Crippen LogP contribution in [0.15, 0.2) is 12.3 Å². The molecule has 0 bridgehead atoms. The lowest BCUT2D eigenvalue weighted by Gasteiger charge is -2.19. The number of nitrogens with zero attached hydrogens (tertiary/aromatic N) is 2. The Labute approximate surface area is 103 Å². The van der Waals surface area contributed by atoms with Gasteiger partial charge in [0.25, 0.3) is 0 Å². The van der Waals surface area contributed by atoms with Crippen LogP contribution < -0.4 is 5.32 Å². The Balaban J connectivity index is 2.52. The van der Waals surface area contributed by atoms with E-state index in [1.165, 1.54) is 5.69 Å². The second-order valence-corrected chi connectivity index (χ2v) is 3.75. The zero-order valence-corrected chi connectivity index (χ0v) is 11.0. The Hall–Kier alpha value is -0.910. The van der Waals surface area contributed by atoms with Gasteiger partial charge < -0.3 is 14.8 Å². The molecule has 17 heavy (non-hydrogen) atoms. The Morgan fingerprint density at radius 1 is 1.41 bits per heavy atom. The number of likely N-dealkylation sites (N-methyl/N-ethyl adjacent to an activating group) is 1. The number of nitrogens with one attached hydrogen (secondary N) is 1. The number of rotatable bonds is 9. The molecular formula is C12H23N3O2. The van der Waals surface area contributed by atoms with Gasteiger partial charge in [0.05, 0.1) is 31.6 Å². The Morgan fingerprint density at radius 3 is 2.88 bits per heavy atom. The molecule has 1 heterocycles. The van der Waals surface area contributed by atoms with Crippen molar-refractivity contribution in [2.75, 3.05) is 33.5 Å². The summed E-state index contributed by atoms with van der Waals surface area (Å²) in [5.74, 6) is 0. The van der Waals surface area contributed by atoms with Crippen LogP contribution in [0.25, 0.3) is 0 Å². The Bertz CT molecular complexity index is 302. The fourth-order valence-corrected chi connectivity index (χ4v) is 1.74. The molecule has 5 heteroatoms. The average Bonchev–Trinajstić information content (AvgIpc) is 2.81. The molecule has 98 valence electrons. The van der Waals surface area contributed by atoms with Gasteiger partial charge in [0.15, 0.2) is 0 Å². The highest BCUT2D eigenvalue weighted by Crippen LogP contribution is 2.12. The van der Waals surface area contributed by atoms with Gasteiger partial charge in [-0.2, -0.15) is 5.10 Å². The van der Waals surface area contributed by atoms with Gasteiger partial charge in [-0.15, -0.1) is 0 Å². The maximum absolute atomic E-state index is 5.58. The molecule has 0 aliphatic rings. The second-order valence-electron chi connectivity index (χ2n) is 3.75. The van der Waals surface area contributed by atoms with E-state index >= 15 is 0 Å². The minimum Gasteiger partial charge on any atom is -0.382 e. The topological polar surface area (TPSA) is 48.3 Å². The van der Waals surface area contributed by atoms with E-state index in [0.717, 1.165) is 13.1 Å². The highest BCUT2D eigenvalue weighted by molar-refractivity contribution is 5.07. The molecule has 0 aliphatic heterocycles. The molecule has 0 spiro atoms. The largest absolute Gasteiger partial charge is 0.382 e. The molecule has 0 saturated carbocycles. The summed E-state index contributed by atoms with van der Waals surface area (Å²) in [5, 5.41) is 7.69. The van der Waals surface area contributed by atoms with Crippen LogP contribution in [0.3, 0.4) is 0 Å². The van der Waals surface area contributed by atoms with Crippen LogP contribution in [-0.2, 0) is 16.0 Å². The van der Waals surface area contributed by atoms with Crippen molar-refractivity contribution in [3.8, 4) is 0 Å². The fraction of sp³-hybridized carbons (Fsp3) is 0.750. The van der Waals surface area contributed by atoms with E-state index in [1.807, 2.05) is 16.9 Å². The molecule has 1 atom stereocenters. The molecular weight excluding hydrogens is 218 g/mol. The zero-order chi connectivity index (χ0) is 12.5. The predicted octanol–water partition coefficient (Wildman–Crippen LogP) is 1.22. The second kappa shape index (κ2) is 8.22. The number of hydrogen-bond donors (Lipinski definition) is 1. The summed E-state index contributed by atoms with van der Waals surface area (Å²) in [4.78, 5) is 0. The van der Waals surface area contributed by atoms with Crippen molar-refractivity contribution < 1.29 is 9.47 Å². The van der Waals surface area contributed by atoms with Crippen LogP contribution in [0.2, 0.25) is 0 Å². The summed E-state index contributed by atoms with van der Waals surface area (Å²) in [6, 6.07) is 2.23. The molecule has 0 aromatic carbocycles. The van der Waals surface area contributed by atoms with Crippen molar-refractivity contribution >= 4 is 0 Å². The maximum Gasteiger partial charge on any atom is 0.0729 e. The molecule has 1 unspecified atom stereocenters. The molecule has 0 saturated heterocycles. The Kier molecular flexibility index (Phi) is 6.84. The van der Waals surface area contributed by atoms with Gasteiger partial charge in [-0.05, 0) is 19.5 Å². The molecule has 1 N–H and O–H groups in total. The number of methoxy groups -OCH3 is 1. The maximum atomic E-state index is 5.58. The van der Waals surface area contributed by atoms with Crippen LogP contribution in [0.1, 0.15) is 25.6 Å². The van der Waals surface area contributed by atoms with Crippen LogP contribution >= 0.6 is 0 Å². The zero-order valence-electron chi connectivity index (χ0n) is 11.0. The third kappa shape index (κ3) is 4.46. The molecule has 1 aromatic heterocycles. The Morgan fingerprint density at radius 2 is 2.24 bits per heavy atom. The minimum atomic E-state index is 0.194. The average molecular weight is 241 g/mol. The minimum absolute atomic E-state index is 0.194. The van der Waals surface area contributed by atoms with E-state index in [0.29, 0.717) is 19.8 Å². The van der Waals surface area contributed by atoms with Crippen molar-refractivity contribution in [1.29, 1.82) is 0 Å². The SMILES string of the molecule is CCNC(COCCOC)c1ccnn1CC. The lowest BCUT2D eigenvalue weighted by Crippen LogP contribution is -2.28. The molecule has 5 nitrogen and oxygen atoms in total. The first-order valence-corrected chi connectivity index (χ1v) is 6.15. The number of ether oxygens (including phenoxy) is 2. The van der Waals surface area contributed by atoms with Gasteiger partial charge in [-0.25, -0.2) is 0 Å². The molecule has 0 amide bonds. The highest BCUT2D eigenvalue weighted by atomic mass is 16.5. The first-order chi connectivity index (χ1) is 8.33. The summed E-state index contributed by atoms with van der Waals surface area (Å²) >= 11 is 0. The van der Waals surface area contributed by atoms with E-state index < -0.39 is 0 Å². The van der Waals surface area contributed by atoms with E-state index in [1.54, 1.807) is 7.11 Å². The van der Waals surface area contributed by atoms with Crippen LogP contribution in [0.5, 0.6) is 0 Å². The lowest BCUT2D eigenvalue weighted by molar-refractivity contribution is 0.0576. The van der Waals surface area contributed by atoms with E-state index in [9.17, 15) is 0 Å². The number of aryl methyl sites for hydroxylation is 1. The fourth-order valence-electron chi connectivity index (χ4n) is 1.74. The third-order valence-electron chi connectivity index (χ3n) is 2.57. The summed E-state index contributed by atoms with van der Waals surface area (Å²) < 4.78 is 12.5. The number of hydrogen-bond acceptors (Lipinski definition) is 4. The summed E-state index contributed by atoms with van der Waals surface area (Å²) in [6.07, 6.45) is 1.83. The molecule has 1 aromatic rings. The van der Waals surface area contributed by atoms with Crippen LogP contribution in [-0.4, -0.2) is 43.3 Å².